The molecule has 3 aromatic rings. The molecule has 0 fully saturated rings. The molecule has 31 heavy (non-hydrogen) atoms. The number of ether oxygens (including phenoxy) is 1. The summed E-state index contributed by atoms with van der Waals surface area (Å²) in [4.78, 5) is 13.0. The molecule has 0 unspecified atom stereocenters. The second-order valence-electron chi connectivity index (χ2n) is 7.20. The summed E-state index contributed by atoms with van der Waals surface area (Å²) in [6.07, 6.45) is 0. The van der Waals surface area contributed by atoms with Gasteiger partial charge in [-0.2, -0.15) is 0 Å². The number of para-hydroxylation sites is 2. The average Bonchev–Trinajstić information content (AvgIpc) is 2.78. The maximum atomic E-state index is 13.5. The first-order chi connectivity index (χ1) is 14.8. The van der Waals surface area contributed by atoms with E-state index >= 15 is 0 Å². The number of amides is 1. The summed E-state index contributed by atoms with van der Waals surface area (Å²) in [7, 11) is -2.54. The standard InChI is InChI=1S/C24H26N2O4S/c1-18-13-15-21(16-14-18)31(28,29)26(22-11-7-8-12-23(22)30-3)17-24(27)25-19(2)20-9-5-4-6-10-20/h4-16,19H,17H2,1-3H3,(H,25,27)/t19-/m1/s1. The lowest BCUT2D eigenvalue weighted by atomic mass is 10.1. The molecule has 0 heterocycles. The van der Waals surface area contributed by atoms with Gasteiger partial charge in [-0.15, -0.1) is 0 Å². The molecule has 1 N–H and O–H groups in total. The monoisotopic (exact) mass is 438 g/mol. The normalized spacial score (nSPS) is 12.1. The molecule has 1 atom stereocenters. The summed E-state index contributed by atoms with van der Waals surface area (Å²) in [5, 5.41) is 2.88. The van der Waals surface area contributed by atoms with Gasteiger partial charge >= 0.3 is 0 Å². The lowest BCUT2D eigenvalue weighted by Gasteiger charge is -2.26. The molecule has 0 aliphatic rings. The molecule has 0 aliphatic carbocycles. The van der Waals surface area contributed by atoms with Gasteiger partial charge in [0.1, 0.15) is 12.3 Å². The molecule has 1 amide bonds. The Balaban J connectivity index is 1.94. The van der Waals surface area contributed by atoms with Crippen molar-refractivity contribution in [3.8, 4) is 5.75 Å². The third kappa shape index (κ3) is 5.24. The fraction of sp³-hybridized carbons (Fsp3) is 0.208. The van der Waals surface area contributed by atoms with E-state index in [2.05, 4.69) is 5.32 Å². The van der Waals surface area contributed by atoms with Crippen molar-refractivity contribution in [2.24, 2.45) is 0 Å². The van der Waals surface area contributed by atoms with Crippen LogP contribution in [0, 0.1) is 6.92 Å². The Hall–Kier alpha value is -3.32. The van der Waals surface area contributed by atoms with Gasteiger partial charge in [0, 0.05) is 0 Å². The van der Waals surface area contributed by atoms with Crippen molar-refractivity contribution in [1.82, 2.24) is 5.32 Å². The Kier molecular flexibility index (Phi) is 6.97. The summed E-state index contributed by atoms with van der Waals surface area (Å²) in [6.45, 7) is 3.36. The summed E-state index contributed by atoms with van der Waals surface area (Å²) in [6, 6.07) is 22.5. The average molecular weight is 439 g/mol. The number of hydrogen-bond donors (Lipinski definition) is 1. The molecule has 0 saturated heterocycles. The fourth-order valence-electron chi connectivity index (χ4n) is 3.22. The second kappa shape index (κ2) is 9.66. The minimum absolute atomic E-state index is 0.105. The van der Waals surface area contributed by atoms with Crippen LogP contribution in [0.15, 0.2) is 83.8 Å². The third-order valence-corrected chi connectivity index (χ3v) is 6.70. The summed E-state index contributed by atoms with van der Waals surface area (Å²) in [5.74, 6) is -0.0555. The molecule has 0 saturated carbocycles. The zero-order valence-electron chi connectivity index (χ0n) is 17.8. The van der Waals surface area contributed by atoms with Crippen LogP contribution in [0.4, 0.5) is 5.69 Å². The number of nitrogens with one attached hydrogen (secondary N) is 1. The van der Waals surface area contributed by atoms with E-state index in [4.69, 9.17) is 4.74 Å². The molecule has 0 radical (unpaired) electrons. The Labute approximate surface area is 183 Å². The van der Waals surface area contributed by atoms with Gasteiger partial charge in [-0.1, -0.05) is 60.2 Å². The molecule has 3 aromatic carbocycles. The Morgan fingerprint density at radius 3 is 2.23 bits per heavy atom. The van der Waals surface area contributed by atoms with Crippen LogP contribution in [0.5, 0.6) is 5.75 Å². The number of nitrogens with zero attached hydrogens (tertiary/aromatic N) is 1. The van der Waals surface area contributed by atoms with E-state index in [9.17, 15) is 13.2 Å². The second-order valence-corrected chi connectivity index (χ2v) is 9.06. The maximum absolute atomic E-state index is 13.5. The van der Waals surface area contributed by atoms with Gasteiger partial charge in [-0.05, 0) is 43.7 Å². The lowest BCUT2D eigenvalue weighted by Crippen LogP contribution is -2.41. The van der Waals surface area contributed by atoms with Crippen molar-refractivity contribution in [2.45, 2.75) is 24.8 Å². The van der Waals surface area contributed by atoms with Crippen LogP contribution < -0.4 is 14.4 Å². The Morgan fingerprint density at radius 2 is 1.58 bits per heavy atom. The van der Waals surface area contributed by atoms with E-state index in [1.54, 1.807) is 36.4 Å². The number of rotatable bonds is 8. The number of aryl methyl sites for hydroxylation is 1. The highest BCUT2D eigenvalue weighted by molar-refractivity contribution is 7.92. The predicted octanol–water partition coefficient (Wildman–Crippen LogP) is 4.08. The van der Waals surface area contributed by atoms with E-state index in [0.29, 0.717) is 11.4 Å². The van der Waals surface area contributed by atoms with Gasteiger partial charge in [-0.25, -0.2) is 8.42 Å². The van der Waals surface area contributed by atoms with Crippen LogP contribution in [-0.4, -0.2) is 28.0 Å². The number of methoxy groups -OCH3 is 1. The highest BCUT2D eigenvalue weighted by Crippen LogP contribution is 2.32. The van der Waals surface area contributed by atoms with Crippen molar-refractivity contribution < 1.29 is 17.9 Å². The topological polar surface area (TPSA) is 75.7 Å². The van der Waals surface area contributed by atoms with Crippen molar-refractivity contribution in [1.29, 1.82) is 0 Å². The first-order valence-electron chi connectivity index (χ1n) is 9.89. The van der Waals surface area contributed by atoms with Crippen molar-refractivity contribution >= 4 is 21.6 Å². The molecular weight excluding hydrogens is 412 g/mol. The minimum Gasteiger partial charge on any atom is -0.495 e. The van der Waals surface area contributed by atoms with Crippen LogP contribution >= 0.6 is 0 Å². The summed E-state index contributed by atoms with van der Waals surface area (Å²) in [5.41, 5.74) is 2.17. The van der Waals surface area contributed by atoms with Crippen LogP contribution in [0.2, 0.25) is 0 Å². The van der Waals surface area contributed by atoms with Gasteiger partial charge < -0.3 is 10.1 Å². The lowest BCUT2D eigenvalue weighted by molar-refractivity contribution is -0.120. The predicted molar refractivity (Wildman–Crippen MR) is 122 cm³/mol. The van der Waals surface area contributed by atoms with Crippen LogP contribution in [0.3, 0.4) is 0 Å². The molecule has 7 heteroatoms. The van der Waals surface area contributed by atoms with Crippen molar-refractivity contribution in [3.63, 3.8) is 0 Å². The zero-order chi connectivity index (χ0) is 22.4. The van der Waals surface area contributed by atoms with Crippen molar-refractivity contribution in [3.05, 3.63) is 90.0 Å². The number of anilines is 1. The van der Waals surface area contributed by atoms with Gasteiger partial charge in [0.25, 0.3) is 10.0 Å². The van der Waals surface area contributed by atoms with Crippen LogP contribution in [0.1, 0.15) is 24.1 Å². The highest BCUT2D eigenvalue weighted by atomic mass is 32.2. The summed E-state index contributed by atoms with van der Waals surface area (Å²) < 4.78 is 33.4. The SMILES string of the molecule is COc1ccccc1N(CC(=O)N[C@H](C)c1ccccc1)S(=O)(=O)c1ccc(C)cc1. The van der Waals surface area contributed by atoms with Crippen LogP contribution in [-0.2, 0) is 14.8 Å². The van der Waals surface area contributed by atoms with Gasteiger partial charge in [0.15, 0.2) is 0 Å². The summed E-state index contributed by atoms with van der Waals surface area (Å²) >= 11 is 0. The minimum atomic E-state index is -4.01. The van der Waals surface area contributed by atoms with Crippen LogP contribution in [0.25, 0.3) is 0 Å². The molecule has 0 bridgehead atoms. The third-order valence-electron chi connectivity index (χ3n) is 4.93. The number of carbonyl (C=O) groups excluding carboxylic acids is 1. The molecule has 0 spiro atoms. The fourth-order valence-corrected chi connectivity index (χ4v) is 4.65. The smallest absolute Gasteiger partial charge is 0.264 e. The van der Waals surface area contributed by atoms with E-state index in [1.165, 1.54) is 19.2 Å². The molecule has 0 aliphatic heterocycles. The molecule has 6 nitrogen and oxygen atoms in total. The highest BCUT2D eigenvalue weighted by Gasteiger charge is 2.29. The zero-order valence-corrected chi connectivity index (χ0v) is 18.6. The van der Waals surface area contributed by atoms with Gasteiger partial charge in [-0.3, -0.25) is 9.10 Å². The van der Waals surface area contributed by atoms with Gasteiger partial charge in [0.05, 0.1) is 23.7 Å². The van der Waals surface area contributed by atoms with Crippen molar-refractivity contribution in [2.75, 3.05) is 18.0 Å². The number of benzene rings is 3. The van der Waals surface area contributed by atoms with E-state index in [1.807, 2.05) is 44.2 Å². The van der Waals surface area contributed by atoms with E-state index < -0.39 is 15.9 Å². The largest absolute Gasteiger partial charge is 0.495 e. The van der Waals surface area contributed by atoms with E-state index in [-0.39, 0.29) is 17.5 Å². The molecule has 0 aromatic heterocycles. The first kappa shape index (κ1) is 22.4. The maximum Gasteiger partial charge on any atom is 0.264 e. The molecule has 3 rings (SSSR count). The molecular formula is C24H26N2O4S. The number of sulfonamides is 1. The van der Waals surface area contributed by atoms with Gasteiger partial charge in [0.2, 0.25) is 5.91 Å². The first-order valence-corrected chi connectivity index (χ1v) is 11.3. The van der Waals surface area contributed by atoms with E-state index in [0.717, 1.165) is 15.4 Å². The number of hydrogen-bond acceptors (Lipinski definition) is 4. The Bertz CT molecular complexity index is 1130. The quantitative estimate of drug-likeness (QED) is 0.575. The molecule has 162 valence electrons. The number of carbonyl (C=O) groups is 1. The Morgan fingerprint density at radius 1 is 0.968 bits per heavy atom.